The Hall–Kier alpha value is -4.23. The third-order valence-corrected chi connectivity index (χ3v) is 6.82. The summed E-state index contributed by atoms with van der Waals surface area (Å²) in [7, 11) is 1.29. The molecule has 2 aromatic carbocycles. The molecule has 1 spiro atoms. The van der Waals surface area contributed by atoms with Crippen LogP contribution in [0.25, 0.3) is 0 Å². The number of rotatable bonds is 6. The lowest BCUT2D eigenvalue weighted by atomic mass is 9.93. The van der Waals surface area contributed by atoms with Crippen LogP contribution >= 0.6 is 0 Å². The maximum absolute atomic E-state index is 14.9. The molecule has 2 aliphatic rings. The molecular formula is C25H23F5N4O5. The van der Waals surface area contributed by atoms with Gasteiger partial charge >= 0.3 is 18.3 Å². The second kappa shape index (κ2) is 10.2. The Morgan fingerprint density at radius 3 is 2.41 bits per heavy atom. The Kier molecular flexibility index (Phi) is 7.23. The molecule has 0 saturated carbocycles. The molecule has 5 amide bonds. The zero-order valence-electron chi connectivity index (χ0n) is 20.6. The second-order valence-electron chi connectivity index (χ2n) is 9.26. The van der Waals surface area contributed by atoms with Crippen LogP contribution in [0.5, 0.6) is 0 Å². The molecule has 3 atom stereocenters. The number of fused-ring (bicyclic) bond motifs is 2. The quantitative estimate of drug-likeness (QED) is 0.467. The maximum atomic E-state index is 14.9. The van der Waals surface area contributed by atoms with Crippen molar-refractivity contribution < 1.29 is 45.9 Å². The molecule has 0 aromatic heterocycles. The van der Waals surface area contributed by atoms with Gasteiger partial charge in [0.2, 0.25) is 11.5 Å². The fourth-order valence-electron chi connectivity index (χ4n) is 4.77. The number of amides is 5. The van der Waals surface area contributed by atoms with Crippen molar-refractivity contribution in [2.45, 2.75) is 50.0 Å². The highest BCUT2D eigenvalue weighted by Crippen LogP contribution is 2.51. The minimum atomic E-state index is -4.79. The number of anilines is 1. The van der Waals surface area contributed by atoms with Crippen LogP contribution in [-0.2, 0) is 26.5 Å². The first-order valence-electron chi connectivity index (χ1n) is 11.7. The summed E-state index contributed by atoms with van der Waals surface area (Å²) < 4.78 is 74.6. The van der Waals surface area contributed by atoms with E-state index in [0.29, 0.717) is 4.90 Å². The Bertz CT molecular complexity index is 1330. The zero-order valence-corrected chi connectivity index (χ0v) is 20.6. The number of carbonyl (C=O) groups is 4. The molecule has 1 aliphatic heterocycles. The van der Waals surface area contributed by atoms with Crippen LogP contribution in [0.3, 0.4) is 0 Å². The molecule has 3 N–H and O–H groups in total. The minimum absolute atomic E-state index is 0.0856. The molecule has 1 fully saturated rings. The zero-order chi connectivity index (χ0) is 28.7. The van der Waals surface area contributed by atoms with Gasteiger partial charge in [-0.15, -0.1) is 0 Å². The van der Waals surface area contributed by atoms with Gasteiger partial charge in [-0.05, 0) is 48.2 Å². The maximum Gasteiger partial charge on any atom is 0.415 e. The van der Waals surface area contributed by atoms with Gasteiger partial charge in [0.1, 0.15) is 17.7 Å². The van der Waals surface area contributed by atoms with E-state index >= 15 is 0 Å². The summed E-state index contributed by atoms with van der Waals surface area (Å²) in [6, 6.07) is 3.65. The number of nitrogens with zero attached hydrogens (tertiary/aromatic N) is 1. The number of nitrogens with one attached hydrogen (secondary N) is 3. The summed E-state index contributed by atoms with van der Waals surface area (Å²) in [5, 5.41) is 6.45. The molecule has 1 aliphatic carbocycles. The molecule has 2 unspecified atom stereocenters. The first-order valence-corrected chi connectivity index (χ1v) is 11.7. The molecule has 9 nitrogen and oxygen atoms in total. The van der Waals surface area contributed by atoms with E-state index in [9.17, 15) is 41.1 Å². The van der Waals surface area contributed by atoms with Crippen molar-refractivity contribution in [3.63, 3.8) is 0 Å². The lowest BCUT2D eigenvalue weighted by molar-refractivity contribution is -0.187. The topological polar surface area (TPSA) is 117 Å². The molecule has 0 radical (unpaired) electrons. The third-order valence-electron chi connectivity index (χ3n) is 6.82. The molecule has 1 heterocycles. The van der Waals surface area contributed by atoms with E-state index in [1.165, 1.54) is 19.2 Å². The number of carbonyl (C=O) groups excluding carboxylic acids is 4. The smallest absolute Gasteiger partial charge is 0.415 e. The number of halogens is 5. The van der Waals surface area contributed by atoms with Crippen LogP contribution in [0, 0.1) is 11.6 Å². The highest BCUT2D eigenvalue weighted by Gasteiger charge is 2.58. The molecule has 2 aromatic rings. The summed E-state index contributed by atoms with van der Waals surface area (Å²) >= 11 is 0. The third kappa shape index (κ3) is 5.36. The number of urea groups is 1. The van der Waals surface area contributed by atoms with Gasteiger partial charge in [-0.25, -0.2) is 18.4 Å². The van der Waals surface area contributed by atoms with Crippen LogP contribution in [0.4, 0.5) is 37.2 Å². The Morgan fingerprint density at radius 1 is 1.18 bits per heavy atom. The SMILES string of the molecule is CNC(=O)Nc1cc2c(cc1F)C1(CC2CC(=O)N(Cc2ccc(F)cc2)[C@@H](C)C(F)(F)F)OC(=O)NC1=O. The number of imide groups is 1. The van der Waals surface area contributed by atoms with Crippen LogP contribution in [-0.4, -0.2) is 48.1 Å². The minimum Gasteiger partial charge on any atom is -0.427 e. The number of ether oxygens (including phenoxy) is 1. The fourth-order valence-corrected chi connectivity index (χ4v) is 4.77. The van der Waals surface area contributed by atoms with Gasteiger partial charge in [-0.1, -0.05) is 12.1 Å². The summed E-state index contributed by atoms with van der Waals surface area (Å²) in [6.45, 7) is 0.311. The van der Waals surface area contributed by atoms with Crippen molar-refractivity contribution in [3.8, 4) is 0 Å². The molecule has 4 rings (SSSR count). The van der Waals surface area contributed by atoms with Crippen LogP contribution < -0.4 is 16.0 Å². The first-order chi connectivity index (χ1) is 18.2. The summed E-state index contributed by atoms with van der Waals surface area (Å²) in [5.41, 5.74) is -2.02. The second-order valence-corrected chi connectivity index (χ2v) is 9.26. The predicted molar refractivity (Wildman–Crippen MR) is 125 cm³/mol. The standard InChI is InChI=1S/C25H23F5N4O5/c1-12(25(28,29)30)34(11-13-3-5-15(26)6-4-13)20(35)7-14-10-24(21(36)33-23(38)39-24)17-9-18(27)19(8-16(14)17)32-22(37)31-2/h3-6,8-9,12,14H,7,10-11H2,1-2H3,(H2,31,32,37)(H,33,36,38)/t12-,14?,24?/m0/s1. The van der Waals surface area contributed by atoms with Crippen molar-refractivity contribution in [1.29, 1.82) is 0 Å². The van der Waals surface area contributed by atoms with E-state index < -0.39 is 72.3 Å². The fraction of sp³-hybridized carbons (Fsp3) is 0.360. The van der Waals surface area contributed by atoms with Gasteiger partial charge < -0.3 is 20.3 Å². The van der Waals surface area contributed by atoms with Gasteiger partial charge in [0, 0.05) is 32.0 Å². The summed E-state index contributed by atoms with van der Waals surface area (Å²) in [4.78, 5) is 50.4. The summed E-state index contributed by atoms with van der Waals surface area (Å²) in [5.74, 6) is -4.45. The molecule has 208 valence electrons. The van der Waals surface area contributed by atoms with Gasteiger partial charge in [-0.3, -0.25) is 14.9 Å². The first kappa shape index (κ1) is 27.8. The van der Waals surface area contributed by atoms with Crippen molar-refractivity contribution in [1.82, 2.24) is 15.5 Å². The van der Waals surface area contributed by atoms with Gasteiger partial charge in [-0.2, -0.15) is 13.2 Å². The number of alkyl halides is 3. The van der Waals surface area contributed by atoms with E-state index in [1.54, 1.807) is 0 Å². The van der Waals surface area contributed by atoms with E-state index in [-0.39, 0.29) is 28.8 Å². The Morgan fingerprint density at radius 2 is 1.85 bits per heavy atom. The molecule has 14 heteroatoms. The van der Waals surface area contributed by atoms with E-state index in [4.69, 9.17) is 4.74 Å². The number of hydrogen-bond donors (Lipinski definition) is 3. The van der Waals surface area contributed by atoms with E-state index in [0.717, 1.165) is 31.2 Å². The molecule has 0 bridgehead atoms. The molecular weight excluding hydrogens is 531 g/mol. The predicted octanol–water partition coefficient (Wildman–Crippen LogP) is 4.03. The average molecular weight is 554 g/mol. The molecule has 1 saturated heterocycles. The highest BCUT2D eigenvalue weighted by atomic mass is 19.4. The van der Waals surface area contributed by atoms with Crippen molar-refractivity contribution in [3.05, 3.63) is 64.7 Å². The van der Waals surface area contributed by atoms with E-state index in [1.807, 2.05) is 5.32 Å². The van der Waals surface area contributed by atoms with Gasteiger partial charge in [0.05, 0.1) is 5.69 Å². The Labute approximate surface area is 218 Å². The number of alkyl carbamates (subject to hydrolysis) is 1. The highest BCUT2D eigenvalue weighted by molar-refractivity contribution is 6.04. The van der Waals surface area contributed by atoms with Crippen molar-refractivity contribution in [2.24, 2.45) is 0 Å². The monoisotopic (exact) mass is 554 g/mol. The lowest BCUT2D eigenvalue weighted by Crippen LogP contribution is -2.46. The normalized spacial score (nSPS) is 20.7. The van der Waals surface area contributed by atoms with Gasteiger partial charge in [0.25, 0.3) is 5.91 Å². The van der Waals surface area contributed by atoms with Crippen LogP contribution in [0.1, 0.15) is 42.4 Å². The van der Waals surface area contributed by atoms with Gasteiger partial charge in [0.15, 0.2) is 0 Å². The van der Waals surface area contributed by atoms with Crippen LogP contribution in [0.15, 0.2) is 36.4 Å². The lowest BCUT2D eigenvalue weighted by Gasteiger charge is -2.32. The molecule has 39 heavy (non-hydrogen) atoms. The number of benzene rings is 2. The largest absolute Gasteiger partial charge is 0.427 e. The van der Waals surface area contributed by atoms with Crippen LogP contribution in [0.2, 0.25) is 0 Å². The van der Waals surface area contributed by atoms with E-state index in [2.05, 4.69) is 10.6 Å². The Balaban J connectivity index is 1.71. The number of hydrogen-bond acceptors (Lipinski definition) is 5. The van der Waals surface area contributed by atoms with Crippen molar-refractivity contribution in [2.75, 3.05) is 12.4 Å². The van der Waals surface area contributed by atoms with Crippen molar-refractivity contribution >= 4 is 29.6 Å². The average Bonchev–Trinajstić information content (AvgIpc) is 3.31. The summed E-state index contributed by atoms with van der Waals surface area (Å²) in [6.07, 6.45) is -6.82.